The van der Waals surface area contributed by atoms with Crippen molar-refractivity contribution in [1.29, 1.82) is 0 Å². The lowest BCUT2D eigenvalue weighted by molar-refractivity contribution is 0.126. The molecule has 0 aliphatic carbocycles. The highest BCUT2D eigenvalue weighted by molar-refractivity contribution is 5.89. The number of hydrogen-bond donors (Lipinski definition) is 1. The molecule has 9 nitrogen and oxygen atoms in total. The smallest absolute Gasteiger partial charge is 0.349 e. The molecular weight excluding hydrogens is 516 g/mol. The van der Waals surface area contributed by atoms with Gasteiger partial charge in [-0.3, -0.25) is 4.57 Å². The standard InChI is InChI=1S/C32H40N6O3/c1-40-24-38-20-15-27(36-32(38)39)10-6-17-37-18-13-26(14-19-37)22-41-28-11-12-29-30(21-28)34-23-35-31(29)33-16-5-9-25-7-3-2-4-8-25/h2-4,7-8,11-12,15,20-21,23,26H,5-6,9-10,13-14,16-19,22,24H2,1H3,(H,33,34,35). The molecule has 0 radical (unpaired) electrons. The van der Waals surface area contributed by atoms with Crippen molar-refractivity contribution in [2.45, 2.75) is 45.3 Å². The third-order valence-electron chi connectivity index (χ3n) is 7.69. The van der Waals surface area contributed by atoms with E-state index in [9.17, 15) is 4.79 Å². The normalized spacial score (nSPS) is 14.4. The predicted molar refractivity (Wildman–Crippen MR) is 161 cm³/mol. The molecule has 1 aliphatic rings. The van der Waals surface area contributed by atoms with Crippen LogP contribution in [-0.4, -0.2) is 64.3 Å². The van der Waals surface area contributed by atoms with Gasteiger partial charge in [0.25, 0.3) is 0 Å². The SMILES string of the molecule is COCn1ccc(CCCN2CCC(COc3ccc4c(NCCCc5ccccc5)ncnc4c3)CC2)nc1=O. The third-order valence-corrected chi connectivity index (χ3v) is 7.69. The van der Waals surface area contributed by atoms with Crippen molar-refractivity contribution in [2.75, 3.05) is 45.2 Å². The van der Waals surface area contributed by atoms with Crippen LogP contribution in [0.2, 0.25) is 0 Å². The zero-order valence-corrected chi connectivity index (χ0v) is 23.9. The van der Waals surface area contributed by atoms with E-state index in [-0.39, 0.29) is 12.4 Å². The molecular formula is C32H40N6O3. The molecule has 1 saturated heterocycles. The molecule has 4 aromatic rings. The molecule has 216 valence electrons. The van der Waals surface area contributed by atoms with Crippen LogP contribution in [0.4, 0.5) is 5.82 Å². The first-order valence-corrected chi connectivity index (χ1v) is 14.6. The summed E-state index contributed by atoms with van der Waals surface area (Å²) in [5, 5.41) is 4.49. The summed E-state index contributed by atoms with van der Waals surface area (Å²) in [6.45, 7) is 4.97. The van der Waals surface area contributed by atoms with E-state index in [2.05, 4.69) is 61.6 Å². The second kappa shape index (κ2) is 14.7. The molecule has 1 fully saturated rings. The van der Waals surface area contributed by atoms with Crippen LogP contribution in [0.1, 0.15) is 36.9 Å². The highest BCUT2D eigenvalue weighted by Crippen LogP contribution is 2.25. The van der Waals surface area contributed by atoms with Gasteiger partial charge in [0.15, 0.2) is 0 Å². The number of benzene rings is 2. The lowest BCUT2D eigenvalue weighted by atomic mass is 9.97. The summed E-state index contributed by atoms with van der Waals surface area (Å²) in [7, 11) is 1.57. The number of aromatic nitrogens is 4. The van der Waals surface area contributed by atoms with Crippen molar-refractivity contribution < 1.29 is 9.47 Å². The van der Waals surface area contributed by atoms with E-state index in [0.717, 1.165) is 99.5 Å². The van der Waals surface area contributed by atoms with Crippen molar-refractivity contribution >= 4 is 16.7 Å². The minimum atomic E-state index is -0.254. The highest BCUT2D eigenvalue weighted by atomic mass is 16.5. The van der Waals surface area contributed by atoms with Crippen molar-refractivity contribution in [1.82, 2.24) is 24.4 Å². The Hall–Kier alpha value is -3.82. The summed E-state index contributed by atoms with van der Waals surface area (Å²) in [4.78, 5) is 27.6. The van der Waals surface area contributed by atoms with E-state index >= 15 is 0 Å². The van der Waals surface area contributed by atoms with Gasteiger partial charge in [-0.1, -0.05) is 30.3 Å². The zero-order valence-electron chi connectivity index (χ0n) is 23.9. The maximum absolute atomic E-state index is 12.0. The van der Waals surface area contributed by atoms with Crippen molar-refractivity contribution in [3.8, 4) is 5.75 Å². The third kappa shape index (κ3) is 8.34. The van der Waals surface area contributed by atoms with Crippen LogP contribution >= 0.6 is 0 Å². The fraction of sp³-hybridized carbons (Fsp3) is 0.438. The van der Waals surface area contributed by atoms with Gasteiger partial charge < -0.3 is 19.7 Å². The molecule has 1 aliphatic heterocycles. The number of anilines is 1. The van der Waals surface area contributed by atoms with Crippen molar-refractivity contribution in [3.05, 3.63) is 88.9 Å². The highest BCUT2D eigenvalue weighted by Gasteiger charge is 2.19. The maximum atomic E-state index is 12.0. The molecule has 5 rings (SSSR count). The van der Waals surface area contributed by atoms with Gasteiger partial charge in [-0.05, 0) is 87.8 Å². The van der Waals surface area contributed by atoms with Gasteiger partial charge in [0.1, 0.15) is 24.6 Å². The van der Waals surface area contributed by atoms with Gasteiger partial charge >= 0.3 is 5.69 Å². The van der Waals surface area contributed by atoms with E-state index in [1.165, 1.54) is 10.1 Å². The number of rotatable bonds is 14. The second-order valence-corrected chi connectivity index (χ2v) is 10.7. The van der Waals surface area contributed by atoms with Crippen molar-refractivity contribution in [3.63, 3.8) is 0 Å². The molecule has 0 saturated carbocycles. The zero-order chi connectivity index (χ0) is 28.3. The Morgan fingerprint density at radius 1 is 1.00 bits per heavy atom. The molecule has 0 amide bonds. The molecule has 1 N–H and O–H groups in total. The molecule has 0 unspecified atom stereocenters. The molecule has 9 heteroatoms. The Morgan fingerprint density at radius 3 is 2.66 bits per heavy atom. The minimum absolute atomic E-state index is 0.230. The molecule has 0 atom stereocenters. The number of nitrogens with zero attached hydrogens (tertiary/aromatic N) is 5. The lowest BCUT2D eigenvalue weighted by Crippen LogP contribution is -2.36. The number of ether oxygens (including phenoxy) is 2. The first-order valence-electron chi connectivity index (χ1n) is 14.6. The number of hydrogen-bond acceptors (Lipinski definition) is 8. The fourth-order valence-electron chi connectivity index (χ4n) is 5.33. The minimum Gasteiger partial charge on any atom is -0.493 e. The van der Waals surface area contributed by atoms with Gasteiger partial charge in [0, 0.05) is 37.0 Å². The molecule has 3 heterocycles. The van der Waals surface area contributed by atoms with E-state index < -0.39 is 0 Å². The second-order valence-electron chi connectivity index (χ2n) is 10.7. The summed E-state index contributed by atoms with van der Waals surface area (Å²) < 4.78 is 12.7. The first kappa shape index (κ1) is 28.7. The summed E-state index contributed by atoms with van der Waals surface area (Å²) in [5.41, 5.74) is 2.84. The maximum Gasteiger partial charge on any atom is 0.349 e. The average Bonchev–Trinajstić information content (AvgIpc) is 3.01. The summed E-state index contributed by atoms with van der Waals surface area (Å²) >= 11 is 0. The van der Waals surface area contributed by atoms with Crippen LogP contribution in [0, 0.1) is 5.92 Å². The van der Waals surface area contributed by atoms with E-state index in [1.54, 1.807) is 19.6 Å². The van der Waals surface area contributed by atoms with Gasteiger partial charge in [-0.2, -0.15) is 4.98 Å². The number of piperidine rings is 1. The topological polar surface area (TPSA) is 94.4 Å². The van der Waals surface area contributed by atoms with Gasteiger partial charge in [-0.15, -0.1) is 0 Å². The Balaban J connectivity index is 1.02. The number of fused-ring (bicyclic) bond motifs is 1. The van der Waals surface area contributed by atoms with Gasteiger partial charge in [-0.25, -0.2) is 14.8 Å². The van der Waals surface area contributed by atoms with E-state index in [1.807, 2.05) is 18.2 Å². The lowest BCUT2D eigenvalue weighted by Gasteiger charge is -2.31. The molecule has 0 bridgehead atoms. The van der Waals surface area contributed by atoms with Crippen LogP contribution in [-0.2, 0) is 24.3 Å². The van der Waals surface area contributed by atoms with Gasteiger partial charge in [0.05, 0.1) is 12.1 Å². The molecule has 2 aromatic carbocycles. The van der Waals surface area contributed by atoms with E-state index in [4.69, 9.17) is 9.47 Å². The summed E-state index contributed by atoms with van der Waals surface area (Å²) in [6.07, 6.45) is 9.50. The molecule has 2 aromatic heterocycles. The molecule has 0 spiro atoms. The Kier molecular flexibility index (Phi) is 10.3. The quantitative estimate of drug-likeness (QED) is 0.226. The Morgan fingerprint density at radius 2 is 1.85 bits per heavy atom. The van der Waals surface area contributed by atoms with Crippen LogP contribution in [0.3, 0.4) is 0 Å². The predicted octanol–water partition coefficient (Wildman–Crippen LogP) is 4.56. The number of nitrogens with one attached hydrogen (secondary N) is 1. The summed E-state index contributed by atoms with van der Waals surface area (Å²) in [5.74, 6) is 2.27. The summed E-state index contributed by atoms with van der Waals surface area (Å²) in [6, 6.07) is 18.6. The van der Waals surface area contributed by atoms with Crippen LogP contribution in [0.25, 0.3) is 10.9 Å². The Labute approximate surface area is 241 Å². The molecule has 41 heavy (non-hydrogen) atoms. The van der Waals surface area contributed by atoms with Crippen LogP contribution in [0.5, 0.6) is 5.75 Å². The van der Waals surface area contributed by atoms with Crippen molar-refractivity contribution in [2.24, 2.45) is 5.92 Å². The first-order chi connectivity index (χ1) is 20.2. The van der Waals surface area contributed by atoms with Gasteiger partial charge in [0.2, 0.25) is 0 Å². The number of likely N-dealkylation sites (tertiary alicyclic amines) is 1. The average molecular weight is 557 g/mol. The van der Waals surface area contributed by atoms with Crippen LogP contribution < -0.4 is 15.7 Å². The Bertz CT molecular complexity index is 1440. The van der Waals surface area contributed by atoms with E-state index in [0.29, 0.717) is 5.92 Å². The fourth-order valence-corrected chi connectivity index (χ4v) is 5.33. The van der Waals surface area contributed by atoms with Crippen LogP contribution in [0.15, 0.2) is 71.9 Å². The number of methoxy groups -OCH3 is 1. The largest absolute Gasteiger partial charge is 0.493 e. The number of aryl methyl sites for hydroxylation is 2. The monoisotopic (exact) mass is 556 g/mol.